The van der Waals surface area contributed by atoms with E-state index in [4.69, 9.17) is 0 Å². The third-order valence-electron chi connectivity index (χ3n) is 5.72. The minimum Gasteiger partial charge on any atom is -0.348 e. The Morgan fingerprint density at radius 3 is 2.47 bits per heavy atom. The first-order chi connectivity index (χ1) is 16.2. The number of hydrogen-bond donors (Lipinski definition) is 1. The fourth-order valence-electron chi connectivity index (χ4n) is 4.03. The number of likely N-dealkylation sites (tertiary alicyclic amines) is 1. The molecular formula is C26H22F4N2O2. The topological polar surface area (TPSA) is 49.4 Å². The predicted octanol–water partition coefficient (Wildman–Crippen LogP) is 5.56. The lowest BCUT2D eigenvalue weighted by atomic mass is 9.97. The Morgan fingerprint density at radius 1 is 0.971 bits per heavy atom. The van der Waals surface area contributed by atoms with Gasteiger partial charge in [-0.2, -0.15) is 13.2 Å². The number of nitrogens with one attached hydrogen (secondary N) is 1. The van der Waals surface area contributed by atoms with E-state index in [1.165, 1.54) is 18.2 Å². The lowest BCUT2D eigenvalue weighted by Gasteiger charge is -2.16. The maximum absolute atomic E-state index is 13.9. The Morgan fingerprint density at radius 2 is 1.74 bits per heavy atom. The van der Waals surface area contributed by atoms with Crippen molar-refractivity contribution in [1.29, 1.82) is 0 Å². The Kier molecular flexibility index (Phi) is 6.68. The van der Waals surface area contributed by atoms with Crippen LogP contribution in [0.4, 0.5) is 17.6 Å². The lowest BCUT2D eigenvalue weighted by molar-refractivity contribution is -0.137. The highest BCUT2D eigenvalue weighted by atomic mass is 19.4. The van der Waals surface area contributed by atoms with Crippen LogP contribution in [0, 0.1) is 5.82 Å². The van der Waals surface area contributed by atoms with E-state index >= 15 is 0 Å². The van der Waals surface area contributed by atoms with E-state index in [0.29, 0.717) is 13.0 Å². The van der Waals surface area contributed by atoms with Gasteiger partial charge in [0.15, 0.2) is 0 Å². The third-order valence-corrected chi connectivity index (χ3v) is 5.72. The molecule has 8 heteroatoms. The summed E-state index contributed by atoms with van der Waals surface area (Å²) in [6.45, 7) is 1.35. The number of nitrogens with zero attached hydrogens (tertiary/aromatic N) is 1. The van der Waals surface area contributed by atoms with Crippen LogP contribution in [0.2, 0.25) is 0 Å². The molecule has 0 aromatic heterocycles. The quantitative estimate of drug-likeness (QED) is 0.480. The summed E-state index contributed by atoms with van der Waals surface area (Å²) >= 11 is 0. The first-order valence-corrected chi connectivity index (χ1v) is 10.8. The standard InChI is InChI=1S/C26H22F4N2O2/c27-21-9-10-22(19-6-2-7-20(13-19)26(28,29)30)23(14-21)25(34)31-15-17-4-1-5-18(12-17)16-32-11-3-8-24(32)33/h1-2,4-7,9-10,12-14H,3,8,11,15-16H2,(H,31,34). The second kappa shape index (κ2) is 9.67. The van der Waals surface area contributed by atoms with Crippen LogP contribution in [-0.4, -0.2) is 23.3 Å². The number of carbonyl (C=O) groups is 2. The average Bonchev–Trinajstić information content (AvgIpc) is 3.21. The van der Waals surface area contributed by atoms with Gasteiger partial charge in [-0.05, 0) is 52.9 Å². The van der Waals surface area contributed by atoms with Gasteiger partial charge in [-0.25, -0.2) is 4.39 Å². The summed E-state index contributed by atoms with van der Waals surface area (Å²) in [6.07, 6.45) is -3.14. The van der Waals surface area contributed by atoms with Gasteiger partial charge in [0.05, 0.1) is 11.1 Å². The van der Waals surface area contributed by atoms with Crippen molar-refractivity contribution in [1.82, 2.24) is 10.2 Å². The zero-order chi connectivity index (χ0) is 24.3. The molecule has 2 amide bonds. The van der Waals surface area contributed by atoms with Crippen molar-refractivity contribution >= 4 is 11.8 Å². The van der Waals surface area contributed by atoms with Gasteiger partial charge in [0.2, 0.25) is 5.91 Å². The summed E-state index contributed by atoms with van der Waals surface area (Å²) in [6, 6.07) is 15.4. The molecule has 3 aromatic carbocycles. The van der Waals surface area contributed by atoms with Crippen LogP contribution in [0.15, 0.2) is 66.7 Å². The molecular weight excluding hydrogens is 448 g/mol. The van der Waals surface area contributed by atoms with Crippen molar-refractivity contribution < 1.29 is 27.2 Å². The Bertz CT molecular complexity index is 1220. The number of carbonyl (C=O) groups excluding carboxylic acids is 2. The normalized spacial score (nSPS) is 13.9. The Balaban J connectivity index is 1.52. The van der Waals surface area contributed by atoms with Crippen LogP contribution >= 0.6 is 0 Å². The number of halogens is 4. The second-order valence-corrected chi connectivity index (χ2v) is 8.19. The Hall–Kier alpha value is -3.68. The fraction of sp³-hybridized carbons (Fsp3) is 0.231. The molecule has 4 rings (SSSR count). The van der Waals surface area contributed by atoms with Gasteiger partial charge in [0.1, 0.15) is 5.82 Å². The monoisotopic (exact) mass is 470 g/mol. The molecule has 1 aliphatic heterocycles. The van der Waals surface area contributed by atoms with Gasteiger partial charge in [-0.1, -0.05) is 42.5 Å². The minimum absolute atomic E-state index is 0.0573. The molecule has 176 valence electrons. The van der Waals surface area contributed by atoms with Gasteiger partial charge in [0.25, 0.3) is 5.91 Å². The van der Waals surface area contributed by atoms with E-state index in [0.717, 1.165) is 48.4 Å². The predicted molar refractivity (Wildman–Crippen MR) is 119 cm³/mol. The molecule has 1 fully saturated rings. The summed E-state index contributed by atoms with van der Waals surface area (Å²) in [5.74, 6) is -1.16. The van der Waals surface area contributed by atoms with Gasteiger partial charge < -0.3 is 10.2 Å². The molecule has 1 heterocycles. The number of alkyl halides is 3. The van der Waals surface area contributed by atoms with E-state index in [-0.39, 0.29) is 29.1 Å². The molecule has 0 unspecified atom stereocenters. The van der Waals surface area contributed by atoms with Crippen molar-refractivity contribution in [3.63, 3.8) is 0 Å². The van der Waals surface area contributed by atoms with Crippen molar-refractivity contribution in [3.05, 3.63) is 94.8 Å². The second-order valence-electron chi connectivity index (χ2n) is 8.19. The molecule has 0 atom stereocenters. The fourth-order valence-corrected chi connectivity index (χ4v) is 4.03. The van der Waals surface area contributed by atoms with Crippen LogP contribution in [0.3, 0.4) is 0 Å². The van der Waals surface area contributed by atoms with Crippen molar-refractivity contribution in [2.24, 2.45) is 0 Å². The highest BCUT2D eigenvalue weighted by Crippen LogP contribution is 2.33. The van der Waals surface area contributed by atoms with Crippen molar-refractivity contribution in [2.45, 2.75) is 32.1 Å². The summed E-state index contributed by atoms with van der Waals surface area (Å²) < 4.78 is 53.4. The third kappa shape index (κ3) is 5.44. The maximum Gasteiger partial charge on any atom is 0.416 e. The average molecular weight is 470 g/mol. The largest absolute Gasteiger partial charge is 0.416 e. The highest BCUT2D eigenvalue weighted by molar-refractivity contribution is 6.01. The van der Waals surface area contributed by atoms with Crippen LogP contribution in [0.25, 0.3) is 11.1 Å². The zero-order valence-electron chi connectivity index (χ0n) is 18.2. The van der Waals surface area contributed by atoms with Crippen molar-refractivity contribution in [2.75, 3.05) is 6.54 Å². The summed E-state index contributed by atoms with van der Waals surface area (Å²) in [5.41, 5.74) is 1.17. The summed E-state index contributed by atoms with van der Waals surface area (Å²) in [5, 5.41) is 2.72. The molecule has 1 saturated heterocycles. The zero-order valence-corrected chi connectivity index (χ0v) is 18.2. The number of amides is 2. The van der Waals surface area contributed by atoms with Gasteiger partial charge >= 0.3 is 6.18 Å². The molecule has 0 saturated carbocycles. The molecule has 0 bridgehead atoms. The molecule has 1 aliphatic rings. The molecule has 34 heavy (non-hydrogen) atoms. The van der Waals surface area contributed by atoms with Crippen LogP contribution < -0.4 is 5.32 Å². The van der Waals surface area contributed by atoms with E-state index in [1.54, 1.807) is 4.90 Å². The highest BCUT2D eigenvalue weighted by Gasteiger charge is 2.30. The van der Waals surface area contributed by atoms with E-state index in [1.807, 2.05) is 24.3 Å². The molecule has 0 radical (unpaired) electrons. The number of rotatable bonds is 6. The lowest BCUT2D eigenvalue weighted by Crippen LogP contribution is -2.25. The van der Waals surface area contributed by atoms with E-state index in [9.17, 15) is 27.2 Å². The number of hydrogen-bond acceptors (Lipinski definition) is 2. The van der Waals surface area contributed by atoms with Crippen LogP contribution in [-0.2, 0) is 24.1 Å². The smallest absolute Gasteiger partial charge is 0.348 e. The molecule has 0 spiro atoms. The number of benzene rings is 3. The summed E-state index contributed by atoms with van der Waals surface area (Å²) in [4.78, 5) is 26.5. The molecule has 3 aromatic rings. The Labute approximate surface area is 194 Å². The van der Waals surface area contributed by atoms with Crippen molar-refractivity contribution in [3.8, 4) is 11.1 Å². The van der Waals surface area contributed by atoms with Crippen LogP contribution in [0.1, 0.15) is 39.9 Å². The van der Waals surface area contributed by atoms with Crippen LogP contribution in [0.5, 0.6) is 0 Å². The first kappa shape index (κ1) is 23.5. The summed E-state index contributed by atoms with van der Waals surface area (Å²) in [7, 11) is 0. The minimum atomic E-state index is -4.54. The molecule has 1 N–H and O–H groups in total. The molecule has 4 nitrogen and oxygen atoms in total. The maximum atomic E-state index is 13.9. The van der Waals surface area contributed by atoms with Gasteiger partial charge in [0, 0.05) is 26.1 Å². The van der Waals surface area contributed by atoms with Gasteiger partial charge in [-0.3, -0.25) is 9.59 Å². The SMILES string of the molecule is O=C(NCc1cccc(CN2CCCC2=O)c1)c1cc(F)ccc1-c1cccc(C(F)(F)F)c1. The van der Waals surface area contributed by atoms with Gasteiger partial charge in [-0.15, -0.1) is 0 Å². The molecule has 0 aliphatic carbocycles. The first-order valence-electron chi connectivity index (χ1n) is 10.8. The van der Waals surface area contributed by atoms with E-state index in [2.05, 4.69) is 5.32 Å². The van der Waals surface area contributed by atoms with E-state index < -0.39 is 23.5 Å².